The van der Waals surface area contributed by atoms with Crippen LogP contribution in [0.2, 0.25) is 0 Å². The summed E-state index contributed by atoms with van der Waals surface area (Å²) in [6, 6.07) is 3.21. The summed E-state index contributed by atoms with van der Waals surface area (Å²) >= 11 is 11.9. The van der Waals surface area contributed by atoms with E-state index in [-0.39, 0.29) is 44.0 Å². The van der Waals surface area contributed by atoms with Crippen LogP contribution in [0.3, 0.4) is 0 Å². The molecule has 2 unspecified atom stereocenters. The molecule has 2 aliphatic heterocycles. The summed E-state index contributed by atoms with van der Waals surface area (Å²) in [7, 11) is 2.63. The molecule has 224 valence electrons. The van der Waals surface area contributed by atoms with Crippen molar-refractivity contribution in [2.24, 2.45) is 0 Å². The van der Waals surface area contributed by atoms with Crippen molar-refractivity contribution < 1.29 is 42.7 Å². The highest BCUT2D eigenvalue weighted by atomic mass is 35.5. The molecule has 2 aliphatic rings. The zero-order valence-electron chi connectivity index (χ0n) is 24.1. The minimum Gasteiger partial charge on any atom is -0.490 e. The molecule has 2 amide bonds. The number of rotatable bonds is 5. The monoisotopic (exact) mass is 614 g/mol. The Hall–Kier alpha value is -3.55. The Bertz CT molecular complexity index is 1400. The number of aliphatic hydroxyl groups excluding tert-OH is 1. The van der Waals surface area contributed by atoms with E-state index in [9.17, 15) is 19.5 Å². The lowest BCUT2D eigenvalue weighted by molar-refractivity contribution is -0.144. The minimum atomic E-state index is -1.30. The Morgan fingerprint density at radius 3 is 1.63 bits per heavy atom. The highest BCUT2D eigenvalue weighted by Crippen LogP contribution is 2.36. The fraction of sp³-hybridized carbons (Fsp3) is 0.500. The minimum absolute atomic E-state index is 0.0111. The second-order valence-electron chi connectivity index (χ2n) is 11.0. The van der Waals surface area contributed by atoms with Crippen LogP contribution >= 0.6 is 23.2 Å². The Labute approximate surface area is 246 Å². The van der Waals surface area contributed by atoms with Crippen LogP contribution in [0.25, 0.3) is 0 Å². The molecule has 13 nitrogen and oxygen atoms in total. The molecule has 2 aromatic heterocycles. The van der Waals surface area contributed by atoms with E-state index in [0.717, 1.165) is 9.80 Å². The molecule has 0 radical (unpaired) electrons. The summed E-state index contributed by atoms with van der Waals surface area (Å²) in [5.74, 6) is -0.274. The van der Waals surface area contributed by atoms with E-state index < -0.39 is 30.2 Å². The average molecular weight is 615 g/mol. The lowest BCUT2D eigenvalue weighted by Crippen LogP contribution is -2.38. The molecule has 0 bridgehead atoms. The van der Waals surface area contributed by atoms with Crippen molar-refractivity contribution in [2.45, 2.75) is 71.8 Å². The van der Waals surface area contributed by atoms with Crippen molar-refractivity contribution in [1.29, 1.82) is 0 Å². The van der Waals surface area contributed by atoms with Crippen LogP contribution in [-0.4, -0.2) is 59.9 Å². The predicted molar refractivity (Wildman–Crippen MR) is 147 cm³/mol. The number of anilines is 2. The zero-order chi connectivity index (χ0) is 31.0. The summed E-state index contributed by atoms with van der Waals surface area (Å²) < 4.78 is 25.4. The maximum absolute atomic E-state index is 12.4. The Kier molecular flexibility index (Phi) is 9.16. The third kappa shape index (κ3) is 6.36. The van der Waals surface area contributed by atoms with E-state index in [4.69, 9.17) is 46.5 Å². The molecule has 2 atom stereocenters. The average Bonchev–Trinajstić information content (AvgIpc) is 3.62. The lowest BCUT2D eigenvalue weighted by Gasteiger charge is -2.21. The topological polar surface area (TPSA) is 158 Å². The number of aromatic nitrogens is 2. The molecule has 41 heavy (non-hydrogen) atoms. The van der Waals surface area contributed by atoms with Gasteiger partial charge in [-0.2, -0.15) is 0 Å². The molecule has 1 N–H and O–H groups in total. The SMILES string of the molecule is COC1=C(Cl)C(O)N(c2cc(C(C)(C)C)on2)C1=O.COC1=C(Cl)C(OC(C)=O)N(c2cc(C(C)(C)C)on2)C1=O. The molecule has 0 spiro atoms. The van der Waals surface area contributed by atoms with Crippen molar-refractivity contribution >= 4 is 52.6 Å². The molecule has 0 fully saturated rings. The van der Waals surface area contributed by atoms with Crippen LogP contribution in [0.5, 0.6) is 0 Å². The third-order valence-electron chi connectivity index (χ3n) is 5.84. The number of amides is 2. The normalized spacial score (nSPS) is 19.6. The molecule has 0 aromatic carbocycles. The van der Waals surface area contributed by atoms with Gasteiger partial charge in [-0.25, -0.2) is 4.90 Å². The summed E-state index contributed by atoms with van der Waals surface area (Å²) in [5, 5.41) is 17.5. The summed E-state index contributed by atoms with van der Waals surface area (Å²) in [5.41, 5.74) is -0.535. The Balaban J connectivity index is 0.000000228. The van der Waals surface area contributed by atoms with Gasteiger partial charge in [-0.3, -0.25) is 19.3 Å². The number of carbonyl (C=O) groups excluding carboxylic acids is 3. The van der Waals surface area contributed by atoms with Crippen LogP contribution in [0.4, 0.5) is 11.6 Å². The van der Waals surface area contributed by atoms with Crippen molar-refractivity contribution in [3.8, 4) is 0 Å². The van der Waals surface area contributed by atoms with Crippen LogP contribution in [-0.2, 0) is 39.4 Å². The maximum Gasteiger partial charge on any atom is 0.304 e. The van der Waals surface area contributed by atoms with Gasteiger partial charge in [0.05, 0.1) is 14.2 Å². The van der Waals surface area contributed by atoms with Gasteiger partial charge in [0.25, 0.3) is 11.8 Å². The van der Waals surface area contributed by atoms with Crippen molar-refractivity contribution in [3.05, 3.63) is 45.2 Å². The lowest BCUT2D eigenvalue weighted by atomic mass is 9.93. The number of carbonyl (C=O) groups is 3. The molecule has 4 heterocycles. The van der Waals surface area contributed by atoms with Gasteiger partial charge in [0.2, 0.25) is 17.7 Å². The summed E-state index contributed by atoms with van der Waals surface area (Å²) in [6.45, 7) is 12.9. The highest BCUT2D eigenvalue weighted by molar-refractivity contribution is 6.35. The van der Waals surface area contributed by atoms with E-state index in [1.54, 1.807) is 12.1 Å². The Morgan fingerprint density at radius 2 is 1.27 bits per heavy atom. The van der Waals surface area contributed by atoms with Gasteiger partial charge in [0, 0.05) is 29.9 Å². The number of esters is 1. The number of hydrogen-bond donors (Lipinski definition) is 1. The van der Waals surface area contributed by atoms with Gasteiger partial charge in [0.1, 0.15) is 21.6 Å². The maximum atomic E-state index is 12.4. The van der Waals surface area contributed by atoms with Gasteiger partial charge in [-0.05, 0) is 0 Å². The first kappa shape index (κ1) is 32.0. The number of hydrogen-bond acceptors (Lipinski definition) is 11. The Morgan fingerprint density at radius 1 is 0.854 bits per heavy atom. The number of halogens is 2. The van der Waals surface area contributed by atoms with Gasteiger partial charge < -0.3 is 28.4 Å². The largest absolute Gasteiger partial charge is 0.490 e. The molecule has 0 aliphatic carbocycles. The van der Waals surface area contributed by atoms with Crippen molar-refractivity contribution in [2.75, 3.05) is 24.0 Å². The van der Waals surface area contributed by atoms with Crippen LogP contribution in [0.1, 0.15) is 60.0 Å². The van der Waals surface area contributed by atoms with Crippen molar-refractivity contribution in [1.82, 2.24) is 10.3 Å². The molecular formula is C26H32Cl2N4O9. The van der Waals surface area contributed by atoms with Gasteiger partial charge in [-0.1, -0.05) is 75.1 Å². The molecule has 15 heteroatoms. The van der Waals surface area contributed by atoms with Gasteiger partial charge in [-0.15, -0.1) is 0 Å². The van der Waals surface area contributed by atoms with E-state index in [0.29, 0.717) is 11.5 Å². The third-order valence-corrected chi connectivity index (χ3v) is 6.56. The van der Waals surface area contributed by atoms with E-state index in [1.807, 2.05) is 41.5 Å². The quantitative estimate of drug-likeness (QED) is 0.484. The zero-order valence-corrected chi connectivity index (χ0v) is 25.6. The fourth-order valence-corrected chi connectivity index (χ4v) is 4.20. The van der Waals surface area contributed by atoms with Crippen molar-refractivity contribution in [3.63, 3.8) is 0 Å². The first-order valence-electron chi connectivity index (χ1n) is 12.3. The first-order valence-corrected chi connectivity index (χ1v) is 13.0. The summed E-state index contributed by atoms with van der Waals surface area (Å²) in [4.78, 5) is 37.8. The number of ether oxygens (including phenoxy) is 3. The molecule has 2 aromatic rings. The van der Waals surface area contributed by atoms with Crippen LogP contribution in [0, 0.1) is 0 Å². The molecule has 0 saturated heterocycles. The smallest absolute Gasteiger partial charge is 0.304 e. The standard InChI is InChI=1S/C14H17ClN2O5.C12H15ClN2O4/c1-7(18)21-13-10(15)11(20-5)12(19)17(13)9-6-8(22-16-9)14(2,3)4;1-12(2,3)6-5-7(14-19-6)15-10(16)8(13)9(18-4)11(15)17/h6,13H,1-5H3;5,10,16H,1-4H3. The second-order valence-corrected chi connectivity index (χ2v) is 11.9. The van der Waals surface area contributed by atoms with Gasteiger partial charge >= 0.3 is 5.97 Å². The number of methoxy groups -OCH3 is 2. The van der Waals surface area contributed by atoms with Gasteiger partial charge in [0.15, 0.2) is 17.9 Å². The molecular weight excluding hydrogens is 583 g/mol. The molecule has 4 rings (SSSR count). The van der Waals surface area contributed by atoms with E-state index >= 15 is 0 Å². The number of nitrogens with zero attached hydrogens (tertiary/aromatic N) is 4. The van der Waals surface area contributed by atoms with E-state index in [1.165, 1.54) is 21.1 Å². The summed E-state index contributed by atoms with van der Waals surface area (Å²) in [6.07, 6.45) is -2.42. The van der Waals surface area contributed by atoms with Crippen LogP contribution in [0.15, 0.2) is 42.8 Å². The first-order chi connectivity index (χ1) is 18.9. The van der Waals surface area contributed by atoms with E-state index in [2.05, 4.69) is 10.3 Å². The molecule has 0 saturated carbocycles. The fourth-order valence-electron chi connectivity index (χ4n) is 3.65. The highest BCUT2D eigenvalue weighted by Gasteiger charge is 2.45. The number of aliphatic hydroxyl groups is 1. The predicted octanol–water partition coefficient (Wildman–Crippen LogP) is 4.04. The van der Waals surface area contributed by atoms with Crippen LogP contribution < -0.4 is 9.80 Å². The second kappa shape index (κ2) is 11.7.